The first kappa shape index (κ1) is 16.3. The zero-order valence-electron chi connectivity index (χ0n) is 13.9. The summed E-state index contributed by atoms with van der Waals surface area (Å²) < 4.78 is 0. The van der Waals surface area contributed by atoms with Crippen LogP contribution in [0.5, 0.6) is 0 Å². The summed E-state index contributed by atoms with van der Waals surface area (Å²) in [7, 11) is 0. The zero-order valence-corrected chi connectivity index (χ0v) is 13.9. The van der Waals surface area contributed by atoms with Crippen molar-refractivity contribution in [2.24, 2.45) is 5.92 Å². The Morgan fingerprint density at radius 2 is 1.85 bits per heavy atom. The van der Waals surface area contributed by atoms with Crippen molar-refractivity contribution in [2.75, 3.05) is 39.3 Å². The van der Waals surface area contributed by atoms with Gasteiger partial charge in [0, 0.05) is 31.7 Å². The van der Waals surface area contributed by atoms with Gasteiger partial charge in [-0.2, -0.15) is 0 Å². The fraction of sp³-hybridized carbons (Fsp3) is 1.00. The van der Waals surface area contributed by atoms with Crippen molar-refractivity contribution in [3.05, 3.63) is 0 Å². The van der Waals surface area contributed by atoms with E-state index in [1.54, 1.807) is 0 Å². The molecule has 2 aliphatic heterocycles. The van der Waals surface area contributed by atoms with E-state index in [1.165, 1.54) is 64.8 Å². The monoisotopic (exact) mass is 281 g/mol. The van der Waals surface area contributed by atoms with E-state index in [0.717, 1.165) is 24.5 Å². The minimum absolute atomic E-state index is 0.756. The lowest BCUT2D eigenvalue weighted by Crippen LogP contribution is -2.44. The van der Waals surface area contributed by atoms with Crippen molar-refractivity contribution >= 4 is 0 Å². The SMILES string of the molecule is CCCC(CNCC(C)C)N1CCC(N2CCCC2)C1. The lowest BCUT2D eigenvalue weighted by Gasteiger charge is -2.30. The minimum atomic E-state index is 0.756. The molecule has 2 atom stereocenters. The van der Waals surface area contributed by atoms with Crippen molar-refractivity contribution < 1.29 is 0 Å². The molecule has 0 aromatic rings. The highest BCUT2D eigenvalue weighted by Crippen LogP contribution is 2.23. The van der Waals surface area contributed by atoms with Gasteiger partial charge in [-0.1, -0.05) is 27.2 Å². The molecule has 2 rings (SSSR count). The van der Waals surface area contributed by atoms with Crippen molar-refractivity contribution in [3.63, 3.8) is 0 Å². The van der Waals surface area contributed by atoms with E-state index in [-0.39, 0.29) is 0 Å². The summed E-state index contributed by atoms with van der Waals surface area (Å²) in [6.45, 7) is 14.6. The molecule has 0 radical (unpaired) electrons. The van der Waals surface area contributed by atoms with Crippen LogP contribution in [0.15, 0.2) is 0 Å². The van der Waals surface area contributed by atoms with Crippen molar-refractivity contribution in [1.29, 1.82) is 0 Å². The maximum absolute atomic E-state index is 3.68. The second-order valence-corrected chi connectivity index (χ2v) is 7.18. The fourth-order valence-electron chi connectivity index (χ4n) is 3.79. The van der Waals surface area contributed by atoms with E-state index in [9.17, 15) is 0 Å². The molecule has 0 amide bonds. The molecule has 0 aromatic carbocycles. The van der Waals surface area contributed by atoms with Gasteiger partial charge in [-0.15, -0.1) is 0 Å². The largest absolute Gasteiger partial charge is 0.315 e. The maximum Gasteiger partial charge on any atom is 0.0235 e. The van der Waals surface area contributed by atoms with Crippen LogP contribution < -0.4 is 5.32 Å². The van der Waals surface area contributed by atoms with E-state index < -0.39 is 0 Å². The zero-order chi connectivity index (χ0) is 14.4. The third kappa shape index (κ3) is 4.71. The van der Waals surface area contributed by atoms with Crippen molar-refractivity contribution in [3.8, 4) is 0 Å². The van der Waals surface area contributed by atoms with Crippen LogP contribution in [-0.2, 0) is 0 Å². The normalized spacial score (nSPS) is 26.7. The summed E-state index contributed by atoms with van der Waals surface area (Å²) in [6, 6.07) is 1.60. The van der Waals surface area contributed by atoms with Gasteiger partial charge in [-0.05, 0) is 51.2 Å². The van der Waals surface area contributed by atoms with Gasteiger partial charge in [-0.3, -0.25) is 9.80 Å². The average molecular weight is 281 g/mol. The lowest BCUT2D eigenvalue weighted by atomic mass is 10.1. The van der Waals surface area contributed by atoms with E-state index in [2.05, 4.69) is 35.9 Å². The second-order valence-electron chi connectivity index (χ2n) is 7.18. The number of hydrogen-bond donors (Lipinski definition) is 1. The molecule has 2 fully saturated rings. The Balaban J connectivity index is 1.77. The third-order valence-corrected chi connectivity index (χ3v) is 4.92. The predicted molar refractivity (Wildman–Crippen MR) is 87.2 cm³/mol. The van der Waals surface area contributed by atoms with Crippen LogP contribution in [0.1, 0.15) is 52.9 Å². The van der Waals surface area contributed by atoms with Crippen LogP contribution in [0.3, 0.4) is 0 Å². The Morgan fingerprint density at radius 1 is 1.10 bits per heavy atom. The van der Waals surface area contributed by atoms with Crippen LogP contribution in [0.2, 0.25) is 0 Å². The molecule has 0 aromatic heterocycles. The topological polar surface area (TPSA) is 18.5 Å². The van der Waals surface area contributed by atoms with E-state index in [1.807, 2.05) is 0 Å². The van der Waals surface area contributed by atoms with E-state index in [4.69, 9.17) is 0 Å². The van der Waals surface area contributed by atoms with Gasteiger partial charge in [0.15, 0.2) is 0 Å². The molecule has 3 heteroatoms. The van der Waals surface area contributed by atoms with Crippen molar-refractivity contribution in [2.45, 2.75) is 65.0 Å². The summed E-state index contributed by atoms with van der Waals surface area (Å²) in [5, 5.41) is 3.68. The second kappa shape index (κ2) is 8.35. The Labute approximate surface area is 126 Å². The number of nitrogens with one attached hydrogen (secondary N) is 1. The van der Waals surface area contributed by atoms with Gasteiger partial charge in [0.05, 0.1) is 0 Å². The molecular formula is C17H35N3. The Morgan fingerprint density at radius 3 is 2.50 bits per heavy atom. The predicted octanol–water partition coefficient (Wildman–Crippen LogP) is 2.57. The first-order chi connectivity index (χ1) is 9.70. The standard InChI is InChI=1S/C17H35N3/c1-4-7-16(13-18-12-15(2)3)20-11-8-17(14-20)19-9-5-6-10-19/h15-18H,4-14H2,1-3H3. The van der Waals surface area contributed by atoms with Crippen LogP contribution in [0.25, 0.3) is 0 Å². The first-order valence-electron chi connectivity index (χ1n) is 8.89. The summed E-state index contributed by atoms with van der Waals surface area (Å²) in [5.41, 5.74) is 0. The number of rotatable bonds is 8. The van der Waals surface area contributed by atoms with Crippen molar-refractivity contribution in [1.82, 2.24) is 15.1 Å². The molecule has 2 unspecified atom stereocenters. The summed E-state index contributed by atoms with van der Waals surface area (Å²) in [4.78, 5) is 5.50. The molecule has 118 valence electrons. The quantitative estimate of drug-likeness (QED) is 0.738. The smallest absolute Gasteiger partial charge is 0.0235 e. The first-order valence-corrected chi connectivity index (χ1v) is 8.89. The van der Waals surface area contributed by atoms with Gasteiger partial charge in [0.2, 0.25) is 0 Å². The number of hydrogen-bond acceptors (Lipinski definition) is 3. The average Bonchev–Trinajstić information content (AvgIpc) is 3.08. The third-order valence-electron chi connectivity index (χ3n) is 4.92. The van der Waals surface area contributed by atoms with Gasteiger partial charge >= 0.3 is 0 Å². The molecule has 3 nitrogen and oxygen atoms in total. The lowest BCUT2D eigenvalue weighted by molar-refractivity contribution is 0.188. The Kier molecular flexibility index (Phi) is 6.79. The summed E-state index contributed by atoms with van der Waals surface area (Å²) in [5.74, 6) is 0.758. The summed E-state index contributed by atoms with van der Waals surface area (Å²) >= 11 is 0. The van der Waals surface area contributed by atoms with E-state index in [0.29, 0.717) is 0 Å². The highest BCUT2D eigenvalue weighted by atomic mass is 15.3. The Bertz CT molecular complexity index is 261. The molecule has 1 N–H and O–H groups in total. The van der Waals surface area contributed by atoms with Crippen LogP contribution in [0, 0.1) is 5.92 Å². The highest BCUT2D eigenvalue weighted by Gasteiger charge is 2.32. The molecular weight excluding hydrogens is 246 g/mol. The molecule has 20 heavy (non-hydrogen) atoms. The van der Waals surface area contributed by atoms with Crippen LogP contribution in [0.4, 0.5) is 0 Å². The fourth-order valence-corrected chi connectivity index (χ4v) is 3.79. The molecule has 2 saturated heterocycles. The molecule has 2 heterocycles. The molecule has 0 spiro atoms. The van der Waals surface area contributed by atoms with E-state index >= 15 is 0 Å². The van der Waals surface area contributed by atoms with Crippen LogP contribution >= 0.6 is 0 Å². The summed E-state index contributed by atoms with van der Waals surface area (Å²) in [6.07, 6.45) is 6.89. The van der Waals surface area contributed by atoms with Gasteiger partial charge in [0.1, 0.15) is 0 Å². The van der Waals surface area contributed by atoms with Gasteiger partial charge in [0.25, 0.3) is 0 Å². The minimum Gasteiger partial charge on any atom is -0.315 e. The molecule has 0 bridgehead atoms. The maximum atomic E-state index is 3.68. The Hall–Kier alpha value is -0.120. The van der Waals surface area contributed by atoms with Gasteiger partial charge < -0.3 is 5.32 Å². The number of nitrogens with zero attached hydrogens (tertiary/aromatic N) is 2. The van der Waals surface area contributed by atoms with Crippen LogP contribution in [-0.4, -0.2) is 61.2 Å². The number of likely N-dealkylation sites (tertiary alicyclic amines) is 2. The molecule has 0 aliphatic carbocycles. The molecule has 2 aliphatic rings. The highest BCUT2D eigenvalue weighted by molar-refractivity contribution is 4.89. The van der Waals surface area contributed by atoms with Gasteiger partial charge in [-0.25, -0.2) is 0 Å². The molecule has 0 saturated carbocycles.